The molecule has 0 saturated heterocycles. The van der Waals surface area contributed by atoms with E-state index in [0.717, 1.165) is 18.8 Å². The van der Waals surface area contributed by atoms with Gasteiger partial charge in [-0.15, -0.1) is 23.1 Å². The number of hydrogen-bond donors (Lipinski definition) is 1. The van der Waals surface area contributed by atoms with Crippen LogP contribution in [0, 0.1) is 6.92 Å². The number of fused-ring (bicyclic) bond motifs is 1. The quantitative estimate of drug-likeness (QED) is 0.926. The van der Waals surface area contributed by atoms with Crippen LogP contribution in [0.2, 0.25) is 0 Å². The fourth-order valence-electron chi connectivity index (χ4n) is 2.24. The maximum Gasteiger partial charge on any atom is 0.107 e. The van der Waals surface area contributed by atoms with Gasteiger partial charge in [-0.25, -0.2) is 4.98 Å². The highest BCUT2D eigenvalue weighted by molar-refractivity contribution is 7.99. The average Bonchev–Trinajstić information content (AvgIpc) is 2.97. The Morgan fingerprint density at radius 3 is 3.11 bits per heavy atom. The van der Waals surface area contributed by atoms with Crippen LogP contribution in [0.5, 0.6) is 0 Å². The van der Waals surface area contributed by atoms with Gasteiger partial charge in [0.2, 0.25) is 0 Å². The number of aromatic nitrogens is 1. The third-order valence-corrected chi connectivity index (χ3v) is 5.35. The molecule has 4 heteroatoms. The first-order valence-electron chi connectivity index (χ1n) is 6.16. The van der Waals surface area contributed by atoms with Gasteiger partial charge in [-0.1, -0.05) is 18.2 Å². The third kappa shape index (κ3) is 2.60. The Morgan fingerprint density at radius 1 is 1.39 bits per heavy atom. The molecule has 2 heterocycles. The SMILES string of the molecule is Cc1csc(CNCC2CSc3ccccc32)n1. The molecule has 1 N–H and O–H groups in total. The lowest BCUT2D eigenvalue weighted by atomic mass is 10.0. The van der Waals surface area contributed by atoms with E-state index in [1.165, 1.54) is 21.2 Å². The summed E-state index contributed by atoms with van der Waals surface area (Å²) in [5, 5.41) is 6.83. The predicted molar refractivity (Wildman–Crippen MR) is 78.5 cm³/mol. The third-order valence-electron chi connectivity index (χ3n) is 3.13. The van der Waals surface area contributed by atoms with Crippen molar-refractivity contribution in [3.63, 3.8) is 0 Å². The molecule has 3 rings (SSSR count). The molecule has 1 aromatic carbocycles. The Balaban J connectivity index is 1.56. The van der Waals surface area contributed by atoms with Crippen LogP contribution >= 0.6 is 23.1 Å². The summed E-state index contributed by atoms with van der Waals surface area (Å²) in [6.07, 6.45) is 0. The second kappa shape index (κ2) is 5.43. The Kier molecular flexibility index (Phi) is 3.68. The molecule has 0 bridgehead atoms. The van der Waals surface area contributed by atoms with Crippen LogP contribution in [0.15, 0.2) is 34.5 Å². The van der Waals surface area contributed by atoms with E-state index >= 15 is 0 Å². The molecule has 1 aliphatic rings. The van der Waals surface area contributed by atoms with Crippen LogP contribution in [-0.2, 0) is 6.54 Å². The van der Waals surface area contributed by atoms with E-state index < -0.39 is 0 Å². The van der Waals surface area contributed by atoms with Crippen molar-refractivity contribution in [2.45, 2.75) is 24.3 Å². The van der Waals surface area contributed by atoms with Gasteiger partial charge in [0, 0.05) is 40.7 Å². The first kappa shape index (κ1) is 12.2. The molecule has 2 nitrogen and oxygen atoms in total. The maximum atomic E-state index is 4.47. The Bertz CT molecular complexity index is 536. The molecule has 0 saturated carbocycles. The van der Waals surface area contributed by atoms with E-state index in [2.05, 4.69) is 39.9 Å². The monoisotopic (exact) mass is 276 g/mol. The van der Waals surface area contributed by atoms with Crippen molar-refractivity contribution >= 4 is 23.1 Å². The molecular weight excluding hydrogens is 260 g/mol. The zero-order valence-corrected chi connectivity index (χ0v) is 12.0. The van der Waals surface area contributed by atoms with E-state index in [4.69, 9.17) is 0 Å². The summed E-state index contributed by atoms with van der Waals surface area (Å²) < 4.78 is 0. The maximum absolute atomic E-state index is 4.47. The molecule has 1 unspecified atom stereocenters. The van der Waals surface area contributed by atoms with Gasteiger partial charge in [0.05, 0.1) is 0 Å². The van der Waals surface area contributed by atoms with Crippen molar-refractivity contribution in [2.75, 3.05) is 12.3 Å². The topological polar surface area (TPSA) is 24.9 Å². The Labute approximate surface area is 116 Å². The lowest BCUT2D eigenvalue weighted by Crippen LogP contribution is -2.21. The zero-order chi connectivity index (χ0) is 12.4. The van der Waals surface area contributed by atoms with Crippen molar-refractivity contribution in [1.29, 1.82) is 0 Å². The predicted octanol–water partition coefficient (Wildman–Crippen LogP) is 3.43. The molecular formula is C14H16N2S2. The van der Waals surface area contributed by atoms with Gasteiger partial charge in [-0.2, -0.15) is 0 Å². The number of rotatable bonds is 4. The van der Waals surface area contributed by atoms with Gasteiger partial charge in [-0.3, -0.25) is 0 Å². The highest BCUT2D eigenvalue weighted by Crippen LogP contribution is 2.38. The van der Waals surface area contributed by atoms with Crippen molar-refractivity contribution in [3.05, 3.63) is 45.9 Å². The summed E-state index contributed by atoms with van der Waals surface area (Å²) in [7, 11) is 0. The first-order valence-corrected chi connectivity index (χ1v) is 8.03. The summed E-state index contributed by atoms with van der Waals surface area (Å²) in [6.45, 7) is 3.98. The minimum absolute atomic E-state index is 0.646. The summed E-state index contributed by atoms with van der Waals surface area (Å²) in [6, 6.07) is 8.75. The number of thioether (sulfide) groups is 1. The van der Waals surface area contributed by atoms with Gasteiger partial charge < -0.3 is 5.32 Å². The fraction of sp³-hybridized carbons (Fsp3) is 0.357. The van der Waals surface area contributed by atoms with Crippen molar-refractivity contribution < 1.29 is 0 Å². The summed E-state index contributed by atoms with van der Waals surface area (Å²) >= 11 is 3.71. The van der Waals surface area contributed by atoms with E-state index in [-0.39, 0.29) is 0 Å². The second-order valence-corrected chi connectivity index (χ2v) is 6.56. The van der Waals surface area contributed by atoms with Crippen LogP contribution < -0.4 is 5.32 Å². The number of aryl methyl sites for hydroxylation is 1. The average molecular weight is 276 g/mol. The molecule has 1 aliphatic heterocycles. The highest BCUT2D eigenvalue weighted by Gasteiger charge is 2.21. The van der Waals surface area contributed by atoms with Crippen molar-refractivity contribution in [1.82, 2.24) is 10.3 Å². The molecule has 1 aromatic heterocycles. The number of thiazole rings is 1. The minimum atomic E-state index is 0.646. The summed E-state index contributed by atoms with van der Waals surface area (Å²) in [5.41, 5.74) is 2.63. The second-order valence-electron chi connectivity index (χ2n) is 4.56. The smallest absolute Gasteiger partial charge is 0.107 e. The van der Waals surface area contributed by atoms with Crippen molar-refractivity contribution in [2.24, 2.45) is 0 Å². The lowest BCUT2D eigenvalue weighted by Gasteiger charge is -2.11. The lowest BCUT2D eigenvalue weighted by molar-refractivity contribution is 0.619. The van der Waals surface area contributed by atoms with E-state index in [1.807, 2.05) is 18.7 Å². The van der Waals surface area contributed by atoms with Gasteiger partial charge in [-0.05, 0) is 18.6 Å². The van der Waals surface area contributed by atoms with E-state index in [1.54, 1.807) is 11.3 Å². The zero-order valence-electron chi connectivity index (χ0n) is 10.3. The van der Waals surface area contributed by atoms with Crippen molar-refractivity contribution in [3.8, 4) is 0 Å². The van der Waals surface area contributed by atoms with E-state index in [9.17, 15) is 0 Å². The highest BCUT2D eigenvalue weighted by atomic mass is 32.2. The molecule has 2 aromatic rings. The summed E-state index contributed by atoms with van der Waals surface area (Å²) in [5.74, 6) is 1.84. The normalized spacial score (nSPS) is 17.9. The van der Waals surface area contributed by atoms with Gasteiger partial charge in [0.15, 0.2) is 0 Å². The Morgan fingerprint density at radius 2 is 2.28 bits per heavy atom. The Hall–Kier alpha value is -0.840. The van der Waals surface area contributed by atoms with Crippen LogP contribution in [0.4, 0.5) is 0 Å². The van der Waals surface area contributed by atoms with Crippen LogP contribution in [0.1, 0.15) is 22.2 Å². The van der Waals surface area contributed by atoms with Gasteiger partial charge in [0.25, 0.3) is 0 Å². The van der Waals surface area contributed by atoms with E-state index in [0.29, 0.717) is 5.92 Å². The first-order chi connectivity index (χ1) is 8.83. The van der Waals surface area contributed by atoms with Crippen LogP contribution in [0.25, 0.3) is 0 Å². The van der Waals surface area contributed by atoms with Gasteiger partial charge in [0.1, 0.15) is 5.01 Å². The molecule has 0 fully saturated rings. The number of nitrogens with one attached hydrogen (secondary N) is 1. The molecule has 0 aliphatic carbocycles. The molecule has 1 atom stereocenters. The van der Waals surface area contributed by atoms with Crippen LogP contribution in [-0.4, -0.2) is 17.3 Å². The molecule has 0 amide bonds. The minimum Gasteiger partial charge on any atom is -0.310 e. The molecule has 0 spiro atoms. The number of hydrogen-bond acceptors (Lipinski definition) is 4. The standard InChI is InChI=1S/C14H16N2S2/c1-10-8-18-14(16-10)7-15-6-11-9-17-13-5-3-2-4-12(11)13/h2-5,8,11,15H,6-7,9H2,1H3. The molecule has 94 valence electrons. The number of benzene rings is 1. The summed E-state index contributed by atoms with van der Waals surface area (Å²) in [4.78, 5) is 5.92. The fourth-order valence-corrected chi connectivity index (χ4v) is 4.23. The largest absolute Gasteiger partial charge is 0.310 e. The van der Waals surface area contributed by atoms with Crippen LogP contribution in [0.3, 0.4) is 0 Å². The van der Waals surface area contributed by atoms with Gasteiger partial charge >= 0.3 is 0 Å². The molecule has 18 heavy (non-hydrogen) atoms. The molecule has 0 radical (unpaired) electrons. The number of nitrogens with zero attached hydrogens (tertiary/aromatic N) is 1.